The lowest BCUT2D eigenvalue weighted by Crippen LogP contribution is -2.55. The van der Waals surface area contributed by atoms with E-state index in [1.54, 1.807) is 7.11 Å². The summed E-state index contributed by atoms with van der Waals surface area (Å²) in [5.74, 6) is 0.0761. The molecule has 0 heterocycles. The fraction of sp³-hybridized carbons (Fsp3) is 0.762. The molecule has 3 fully saturated rings. The minimum Gasteiger partial charge on any atom is -0.481 e. The van der Waals surface area contributed by atoms with Gasteiger partial charge in [0.05, 0.1) is 11.5 Å². The van der Waals surface area contributed by atoms with Crippen molar-refractivity contribution in [1.82, 2.24) is 0 Å². The van der Waals surface area contributed by atoms with Crippen molar-refractivity contribution in [2.24, 2.45) is 28.1 Å². The zero-order valence-corrected chi connectivity index (χ0v) is 15.2. The zero-order chi connectivity index (χ0) is 17.3. The van der Waals surface area contributed by atoms with Crippen LogP contribution >= 0.6 is 0 Å². The quantitative estimate of drug-likeness (QED) is 0.754. The molecule has 132 valence electrons. The van der Waals surface area contributed by atoms with Gasteiger partial charge in [-0.2, -0.15) is 0 Å². The van der Waals surface area contributed by atoms with E-state index in [0.717, 1.165) is 44.9 Å². The molecule has 24 heavy (non-hydrogen) atoms. The molecule has 1 spiro atoms. The van der Waals surface area contributed by atoms with Crippen LogP contribution in [0.1, 0.15) is 58.8 Å². The standard InChI is InChI=1S/C21H30O3/c1-13-11-21-9-6-16-19(2,7-5-8-20(16,3)18(22)23)17(21)10-15(24-4)14(13)12-21/h10,14-16H,1,5-9,11-12H2,2-4H3,(H,22,23). The number of carboxylic acids is 1. The normalized spacial score (nSPS) is 50.0. The van der Waals surface area contributed by atoms with E-state index in [-0.39, 0.29) is 22.9 Å². The molecule has 0 aromatic rings. The predicted octanol–water partition coefficient (Wildman–Crippen LogP) is 4.59. The van der Waals surface area contributed by atoms with Gasteiger partial charge in [-0.05, 0) is 62.2 Å². The van der Waals surface area contributed by atoms with Crippen molar-refractivity contribution < 1.29 is 14.6 Å². The van der Waals surface area contributed by atoms with Gasteiger partial charge in [0.15, 0.2) is 0 Å². The molecule has 3 saturated carbocycles. The summed E-state index contributed by atoms with van der Waals surface area (Å²) in [7, 11) is 1.80. The van der Waals surface area contributed by atoms with Gasteiger partial charge in [-0.3, -0.25) is 4.79 Å². The van der Waals surface area contributed by atoms with Crippen LogP contribution in [0.3, 0.4) is 0 Å². The Balaban J connectivity index is 1.83. The Bertz CT molecular complexity index is 635. The van der Waals surface area contributed by atoms with Gasteiger partial charge >= 0.3 is 5.97 Å². The number of hydrogen-bond acceptors (Lipinski definition) is 2. The summed E-state index contributed by atoms with van der Waals surface area (Å²) >= 11 is 0. The Morgan fingerprint density at radius 1 is 1.33 bits per heavy atom. The molecule has 0 aromatic heterocycles. The van der Waals surface area contributed by atoms with E-state index < -0.39 is 11.4 Å². The fourth-order valence-corrected chi connectivity index (χ4v) is 7.08. The van der Waals surface area contributed by atoms with E-state index in [2.05, 4.69) is 19.6 Å². The molecule has 4 aliphatic carbocycles. The Morgan fingerprint density at radius 2 is 2.08 bits per heavy atom. The third-order valence-corrected chi connectivity index (χ3v) is 8.22. The molecule has 0 aliphatic heterocycles. The molecule has 4 aliphatic rings. The van der Waals surface area contributed by atoms with Gasteiger partial charge in [0.1, 0.15) is 0 Å². The summed E-state index contributed by atoms with van der Waals surface area (Å²) in [6.45, 7) is 8.69. The highest BCUT2D eigenvalue weighted by Gasteiger charge is 2.63. The van der Waals surface area contributed by atoms with Gasteiger partial charge in [0.2, 0.25) is 0 Å². The first-order valence-corrected chi connectivity index (χ1v) is 9.43. The first kappa shape index (κ1) is 16.4. The Labute approximate surface area is 145 Å². The molecule has 0 radical (unpaired) electrons. The Hall–Kier alpha value is -1.09. The molecule has 3 heteroatoms. The molecule has 3 nitrogen and oxygen atoms in total. The molecule has 6 unspecified atom stereocenters. The number of rotatable bonds is 2. The summed E-state index contributed by atoms with van der Waals surface area (Å²) in [6, 6.07) is 0. The number of allylic oxidation sites excluding steroid dienone is 1. The maximum atomic E-state index is 12.1. The zero-order valence-electron chi connectivity index (χ0n) is 15.2. The third-order valence-electron chi connectivity index (χ3n) is 8.22. The lowest BCUT2D eigenvalue weighted by Gasteiger charge is -2.60. The smallest absolute Gasteiger partial charge is 0.309 e. The third kappa shape index (κ3) is 1.85. The van der Waals surface area contributed by atoms with Crippen LogP contribution in [0.15, 0.2) is 23.8 Å². The molecular weight excluding hydrogens is 300 g/mol. The van der Waals surface area contributed by atoms with Crippen molar-refractivity contribution in [3.63, 3.8) is 0 Å². The number of hydrogen-bond donors (Lipinski definition) is 1. The molecule has 0 amide bonds. The van der Waals surface area contributed by atoms with Crippen LogP contribution in [0, 0.1) is 28.1 Å². The number of methoxy groups -OCH3 is 1. The number of ether oxygens (including phenoxy) is 1. The molecule has 2 bridgehead atoms. The first-order chi connectivity index (χ1) is 11.3. The Kier molecular flexibility index (Phi) is 3.39. The average Bonchev–Trinajstić information content (AvgIpc) is 2.78. The number of carboxylic acid groups (broad SMARTS) is 1. The molecular formula is C21H30O3. The van der Waals surface area contributed by atoms with Crippen LogP contribution < -0.4 is 0 Å². The highest BCUT2D eigenvalue weighted by molar-refractivity contribution is 5.75. The molecule has 1 N–H and O–H groups in total. The Morgan fingerprint density at radius 3 is 2.75 bits per heavy atom. The van der Waals surface area contributed by atoms with Gasteiger partial charge in [-0.25, -0.2) is 0 Å². The summed E-state index contributed by atoms with van der Waals surface area (Å²) < 4.78 is 5.81. The van der Waals surface area contributed by atoms with Crippen molar-refractivity contribution in [1.29, 1.82) is 0 Å². The topological polar surface area (TPSA) is 46.5 Å². The maximum Gasteiger partial charge on any atom is 0.309 e. The SMILES string of the molecule is C=C1CC23CCC4C(C)(C(=O)O)CCCC4(C)C2=CC(OC)C1C3. The summed E-state index contributed by atoms with van der Waals surface area (Å²) in [6.07, 6.45) is 9.82. The number of fused-ring (bicyclic) bond motifs is 3. The van der Waals surface area contributed by atoms with Crippen molar-refractivity contribution >= 4 is 5.97 Å². The molecule has 0 aromatic carbocycles. The number of carbonyl (C=O) groups is 1. The highest BCUT2D eigenvalue weighted by atomic mass is 16.5. The van der Waals surface area contributed by atoms with E-state index in [1.807, 2.05) is 6.92 Å². The summed E-state index contributed by atoms with van der Waals surface area (Å²) in [5.41, 5.74) is 2.49. The van der Waals surface area contributed by atoms with Crippen LogP contribution in [0.2, 0.25) is 0 Å². The van der Waals surface area contributed by atoms with Crippen molar-refractivity contribution in [3.05, 3.63) is 23.8 Å². The van der Waals surface area contributed by atoms with E-state index in [1.165, 1.54) is 11.1 Å². The second kappa shape index (κ2) is 4.97. The van der Waals surface area contributed by atoms with Crippen molar-refractivity contribution in [3.8, 4) is 0 Å². The lowest BCUT2D eigenvalue weighted by molar-refractivity contribution is -0.161. The van der Waals surface area contributed by atoms with Crippen LogP contribution in [-0.4, -0.2) is 24.3 Å². The molecule has 6 atom stereocenters. The van der Waals surface area contributed by atoms with Gasteiger partial charge in [-0.15, -0.1) is 0 Å². The van der Waals surface area contributed by atoms with E-state index in [4.69, 9.17) is 4.74 Å². The van der Waals surface area contributed by atoms with Crippen LogP contribution in [0.25, 0.3) is 0 Å². The van der Waals surface area contributed by atoms with Crippen molar-refractivity contribution in [2.45, 2.75) is 64.9 Å². The second-order valence-electron chi connectivity index (χ2n) is 9.29. The van der Waals surface area contributed by atoms with Gasteiger partial charge in [-0.1, -0.05) is 37.1 Å². The lowest BCUT2D eigenvalue weighted by atomic mass is 9.44. The second-order valence-corrected chi connectivity index (χ2v) is 9.29. The van der Waals surface area contributed by atoms with Crippen molar-refractivity contribution in [2.75, 3.05) is 7.11 Å². The largest absolute Gasteiger partial charge is 0.481 e. The maximum absolute atomic E-state index is 12.1. The summed E-state index contributed by atoms with van der Waals surface area (Å²) in [4.78, 5) is 12.1. The van der Waals surface area contributed by atoms with E-state index in [9.17, 15) is 9.90 Å². The average molecular weight is 330 g/mol. The molecule has 4 rings (SSSR count). The minimum atomic E-state index is -0.609. The summed E-state index contributed by atoms with van der Waals surface area (Å²) in [5, 5.41) is 9.96. The van der Waals surface area contributed by atoms with Crippen LogP contribution in [0.4, 0.5) is 0 Å². The highest BCUT2D eigenvalue weighted by Crippen LogP contribution is 2.70. The monoisotopic (exact) mass is 330 g/mol. The minimum absolute atomic E-state index is 0.00396. The predicted molar refractivity (Wildman–Crippen MR) is 93.6 cm³/mol. The van der Waals surface area contributed by atoms with E-state index in [0.29, 0.717) is 5.92 Å². The molecule has 0 saturated heterocycles. The van der Waals surface area contributed by atoms with Gasteiger partial charge in [0.25, 0.3) is 0 Å². The van der Waals surface area contributed by atoms with Crippen LogP contribution in [0.5, 0.6) is 0 Å². The van der Waals surface area contributed by atoms with Crippen LogP contribution in [-0.2, 0) is 9.53 Å². The van der Waals surface area contributed by atoms with Gasteiger partial charge in [0, 0.05) is 13.0 Å². The first-order valence-electron chi connectivity index (χ1n) is 9.43. The van der Waals surface area contributed by atoms with Gasteiger partial charge < -0.3 is 9.84 Å². The number of aliphatic carboxylic acids is 1. The fourth-order valence-electron chi connectivity index (χ4n) is 7.08. The van der Waals surface area contributed by atoms with E-state index >= 15 is 0 Å².